The molecule has 4 heteroatoms. The van der Waals surface area contributed by atoms with Crippen LogP contribution in [0.3, 0.4) is 0 Å². The van der Waals surface area contributed by atoms with Gasteiger partial charge < -0.3 is 10.4 Å². The molecule has 2 N–H and O–H groups in total. The van der Waals surface area contributed by atoms with Gasteiger partial charge in [-0.1, -0.05) is 6.07 Å². The van der Waals surface area contributed by atoms with Crippen LogP contribution in [0.15, 0.2) is 18.3 Å². The number of halogens is 1. The number of aliphatic hydroxyl groups is 1. The van der Waals surface area contributed by atoms with Gasteiger partial charge in [-0.05, 0) is 37.6 Å². The van der Waals surface area contributed by atoms with Gasteiger partial charge in [0.2, 0.25) is 5.95 Å². The van der Waals surface area contributed by atoms with E-state index in [4.69, 9.17) is 0 Å². The first-order valence-corrected chi connectivity index (χ1v) is 5.22. The Morgan fingerprint density at radius 2 is 2.13 bits per heavy atom. The molecule has 1 aromatic rings. The highest BCUT2D eigenvalue weighted by atomic mass is 19.1. The number of nitrogens with one attached hydrogen (secondary N) is 1. The number of aromatic nitrogens is 1. The number of hydrogen-bond donors (Lipinski definition) is 2. The quantitative estimate of drug-likeness (QED) is 0.712. The van der Waals surface area contributed by atoms with Gasteiger partial charge in [-0.3, -0.25) is 0 Å². The van der Waals surface area contributed by atoms with E-state index in [1.54, 1.807) is 6.07 Å². The lowest BCUT2D eigenvalue weighted by Crippen LogP contribution is -2.43. The number of pyridine rings is 1. The second kappa shape index (κ2) is 4.24. The highest BCUT2D eigenvalue weighted by molar-refractivity contribution is 5.13. The van der Waals surface area contributed by atoms with Crippen LogP contribution in [0.25, 0.3) is 0 Å². The highest BCUT2D eigenvalue weighted by Gasteiger charge is 2.29. The Hall–Kier alpha value is -1.00. The van der Waals surface area contributed by atoms with Crippen LogP contribution in [-0.4, -0.2) is 28.8 Å². The van der Waals surface area contributed by atoms with Crippen molar-refractivity contribution in [3.05, 3.63) is 29.8 Å². The van der Waals surface area contributed by atoms with E-state index in [0.29, 0.717) is 6.42 Å². The predicted molar refractivity (Wildman–Crippen MR) is 55.0 cm³/mol. The van der Waals surface area contributed by atoms with Crippen molar-refractivity contribution in [3.63, 3.8) is 0 Å². The zero-order valence-electron chi connectivity index (χ0n) is 8.54. The van der Waals surface area contributed by atoms with Gasteiger partial charge in [0.15, 0.2) is 0 Å². The summed E-state index contributed by atoms with van der Waals surface area (Å²) in [4.78, 5) is 3.58. The van der Waals surface area contributed by atoms with E-state index in [-0.39, 0.29) is 0 Å². The fourth-order valence-electron chi connectivity index (χ4n) is 1.96. The van der Waals surface area contributed by atoms with Gasteiger partial charge in [0.1, 0.15) is 0 Å². The van der Waals surface area contributed by atoms with Gasteiger partial charge in [-0.2, -0.15) is 4.39 Å². The number of rotatable bonds is 2. The molecule has 0 aliphatic carbocycles. The Balaban J connectivity index is 2.03. The maximum absolute atomic E-state index is 12.6. The van der Waals surface area contributed by atoms with E-state index < -0.39 is 11.5 Å². The average Bonchev–Trinajstić information content (AvgIpc) is 2.22. The fourth-order valence-corrected chi connectivity index (χ4v) is 1.96. The van der Waals surface area contributed by atoms with Crippen molar-refractivity contribution in [1.82, 2.24) is 10.3 Å². The first-order chi connectivity index (χ1) is 7.18. The van der Waals surface area contributed by atoms with Gasteiger partial charge in [-0.25, -0.2) is 4.98 Å². The molecule has 0 spiro atoms. The van der Waals surface area contributed by atoms with Gasteiger partial charge in [0, 0.05) is 12.6 Å². The molecule has 0 saturated carbocycles. The van der Waals surface area contributed by atoms with Crippen molar-refractivity contribution in [2.75, 3.05) is 13.1 Å². The largest absolute Gasteiger partial charge is 0.389 e. The van der Waals surface area contributed by atoms with E-state index in [1.807, 2.05) is 0 Å². The summed E-state index contributed by atoms with van der Waals surface area (Å²) in [7, 11) is 0. The minimum atomic E-state index is -0.648. The Labute approximate surface area is 88.3 Å². The summed E-state index contributed by atoms with van der Waals surface area (Å²) in [6.45, 7) is 1.68. The summed E-state index contributed by atoms with van der Waals surface area (Å²) in [6.07, 6.45) is 3.53. The molecule has 0 bridgehead atoms. The maximum Gasteiger partial charge on any atom is 0.212 e. The molecular weight excluding hydrogens is 195 g/mol. The molecule has 82 valence electrons. The Morgan fingerprint density at radius 1 is 1.40 bits per heavy atom. The van der Waals surface area contributed by atoms with E-state index in [1.165, 1.54) is 12.3 Å². The number of hydrogen-bond acceptors (Lipinski definition) is 3. The molecular formula is C11H15FN2O. The normalized spacial score (nSPS) is 20.1. The number of piperidine rings is 1. The summed E-state index contributed by atoms with van der Waals surface area (Å²) in [5, 5.41) is 13.4. The smallest absolute Gasteiger partial charge is 0.212 e. The fraction of sp³-hybridized carbons (Fsp3) is 0.545. The molecule has 0 unspecified atom stereocenters. The van der Waals surface area contributed by atoms with Crippen molar-refractivity contribution in [2.45, 2.75) is 24.9 Å². The van der Waals surface area contributed by atoms with Crippen LogP contribution in [0.1, 0.15) is 18.4 Å². The topological polar surface area (TPSA) is 45.2 Å². The minimum Gasteiger partial charge on any atom is -0.389 e. The molecule has 0 amide bonds. The monoisotopic (exact) mass is 210 g/mol. The van der Waals surface area contributed by atoms with E-state index in [9.17, 15) is 9.50 Å². The van der Waals surface area contributed by atoms with Crippen LogP contribution in [-0.2, 0) is 6.42 Å². The molecule has 3 nitrogen and oxygen atoms in total. The molecule has 1 aliphatic heterocycles. The van der Waals surface area contributed by atoms with Gasteiger partial charge in [0.05, 0.1) is 5.60 Å². The van der Waals surface area contributed by atoms with E-state index >= 15 is 0 Å². The van der Waals surface area contributed by atoms with Crippen molar-refractivity contribution >= 4 is 0 Å². The Morgan fingerprint density at radius 3 is 2.73 bits per heavy atom. The Bertz CT molecular complexity index is 320. The van der Waals surface area contributed by atoms with E-state index in [2.05, 4.69) is 10.3 Å². The van der Waals surface area contributed by atoms with Crippen LogP contribution < -0.4 is 5.32 Å². The molecule has 0 aromatic carbocycles. The minimum absolute atomic E-state index is 0.476. The highest BCUT2D eigenvalue weighted by Crippen LogP contribution is 2.22. The molecule has 15 heavy (non-hydrogen) atoms. The molecule has 2 rings (SSSR count). The van der Waals surface area contributed by atoms with Gasteiger partial charge in [-0.15, -0.1) is 0 Å². The molecule has 1 saturated heterocycles. The zero-order valence-corrected chi connectivity index (χ0v) is 8.54. The molecule has 0 atom stereocenters. The van der Waals surface area contributed by atoms with Crippen LogP contribution in [0.5, 0.6) is 0 Å². The maximum atomic E-state index is 12.6. The van der Waals surface area contributed by atoms with Crippen LogP contribution in [0.4, 0.5) is 4.39 Å². The average molecular weight is 210 g/mol. The molecule has 1 fully saturated rings. The lowest BCUT2D eigenvalue weighted by molar-refractivity contribution is 0.0108. The summed E-state index contributed by atoms with van der Waals surface area (Å²) in [6, 6.07) is 3.02. The van der Waals surface area contributed by atoms with Crippen molar-refractivity contribution in [2.24, 2.45) is 0 Å². The first-order valence-electron chi connectivity index (χ1n) is 5.22. The molecule has 2 heterocycles. The third kappa shape index (κ3) is 2.73. The zero-order chi connectivity index (χ0) is 10.7. The summed E-state index contributed by atoms with van der Waals surface area (Å²) < 4.78 is 12.6. The Kier molecular flexibility index (Phi) is 2.98. The summed E-state index contributed by atoms with van der Waals surface area (Å²) in [5.41, 5.74) is 0.242. The van der Waals surface area contributed by atoms with Gasteiger partial charge >= 0.3 is 0 Å². The summed E-state index contributed by atoms with van der Waals surface area (Å²) in [5.74, 6) is -0.476. The SMILES string of the molecule is OC1(Cc2ccc(F)nc2)CCNCC1. The third-order valence-corrected chi connectivity index (χ3v) is 2.86. The number of nitrogens with zero attached hydrogens (tertiary/aromatic N) is 1. The van der Waals surface area contributed by atoms with Crippen molar-refractivity contribution < 1.29 is 9.50 Å². The molecule has 1 aliphatic rings. The van der Waals surface area contributed by atoms with Crippen molar-refractivity contribution in [3.8, 4) is 0 Å². The lowest BCUT2D eigenvalue weighted by atomic mass is 9.86. The van der Waals surface area contributed by atoms with Gasteiger partial charge in [0.25, 0.3) is 0 Å². The van der Waals surface area contributed by atoms with E-state index in [0.717, 1.165) is 31.5 Å². The molecule has 1 aromatic heterocycles. The predicted octanol–water partition coefficient (Wildman–Crippen LogP) is 0.878. The second-order valence-electron chi connectivity index (χ2n) is 4.14. The summed E-state index contributed by atoms with van der Waals surface area (Å²) >= 11 is 0. The van der Waals surface area contributed by atoms with Crippen LogP contribution in [0, 0.1) is 5.95 Å². The van der Waals surface area contributed by atoms with Crippen LogP contribution in [0.2, 0.25) is 0 Å². The van der Waals surface area contributed by atoms with Crippen molar-refractivity contribution in [1.29, 1.82) is 0 Å². The third-order valence-electron chi connectivity index (χ3n) is 2.86. The lowest BCUT2D eigenvalue weighted by Gasteiger charge is -2.32. The first kappa shape index (κ1) is 10.5. The van der Waals surface area contributed by atoms with Crippen LogP contribution >= 0.6 is 0 Å². The second-order valence-corrected chi connectivity index (χ2v) is 4.14. The standard InChI is InChI=1S/C11H15FN2O/c12-10-2-1-9(8-14-10)7-11(15)3-5-13-6-4-11/h1-2,8,13,15H,3-7H2. The molecule has 0 radical (unpaired) electrons.